The van der Waals surface area contributed by atoms with Gasteiger partial charge in [0.1, 0.15) is 5.75 Å². The summed E-state index contributed by atoms with van der Waals surface area (Å²) in [5.41, 5.74) is 1.23. The number of benzene rings is 1. The third-order valence-electron chi connectivity index (χ3n) is 4.84. The highest BCUT2D eigenvalue weighted by molar-refractivity contribution is 5.73. The van der Waals surface area contributed by atoms with E-state index in [0.29, 0.717) is 23.9 Å². The summed E-state index contributed by atoms with van der Waals surface area (Å²) in [6.07, 6.45) is 4.52. The van der Waals surface area contributed by atoms with Gasteiger partial charge >= 0.3 is 5.97 Å². The molecule has 5 heteroatoms. The molecule has 0 saturated carbocycles. The number of carbonyl (C=O) groups is 2. The number of amides is 1. The van der Waals surface area contributed by atoms with Crippen molar-refractivity contribution in [3.05, 3.63) is 29.8 Å². The molecular formula is C18H24N2O3. The fraction of sp³-hybridized carbons (Fsp3) is 0.556. The maximum Gasteiger partial charge on any atom is 0.308 e. The lowest BCUT2D eigenvalue weighted by Gasteiger charge is -2.39. The van der Waals surface area contributed by atoms with Gasteiger partial charge in [-0.1, -0.05) is 12.1 Å². The van der Waals surface area contributed by atoms with Gasteiger partial charge in [-0.15, -0.1) is 0 Å². The zero-order chi connectivity index (χ0) is 16.4. The first-order valence-electron chi connectivity index (χ1n) is 8.31. The van der Waals surface area contributed by atoms with Crippen LogP contribution >= 0.6 is 0 Å². The average Bonchev–Trinajstić information content (AvgIpc) is 2.70. The van der Waals surface area contributed by atoms with Crippen molar-refractivity contribution >= 4 is 11.9 Å². The molecule has 2 bridgehead atoms. The number of rotatable bonds is 4. The molecular weight excluding hydrogens is 292 g/mol. The molecule has 0 radical (unpaired) electrons. The van der Waals surface area contributed by atoms with Crippen molar-refractivity contribution in [3.63, 3.8) is 0 Å². The summed E-state index contributed by atoms with van der Waals surface area (Å²) in [6, 6.07) is 9.19. The number of esters is 1. The Morgan fingerprint density at radius 2 is 1.74 bits per heavy atom. The van der Waals surface area contributed by atoms with Gasteiger partial charge in [0.25, 0.3) is 0 Å². The molecule has 5 nitrogen and oxygen atoms in total. The molecule has 124 valence electrons. The van der Waals surface area contributed by atoms with Gasteiger partial charge in [-0.2, -0.15) is 0 Å². The number of hydrogen-bond donors (Lipinski definition) is 1. The van der Waals surface area contributed by atoms with Crippen molar-refractivity contribution in [2.75, 3.05) is 0 Å². The molecule has 3 rings (SSSR count). The summed E-state index contributed by atoms with van der Waals surface area (Å²) in [7, 11) is 0. The van der Waals surface area contributed by atoms with Crippen LogP contribution in [0.4, 0.5) is 0 Å². The molecule has 1 amide bonds. The molecule has 0 aliphatic carbocycles. The number of nitrogens with one attached hydrogen (secondary N) is 1. The second-order valence-electron chi connectivity index (χ2n) is 6.66. The van der Waals surface area contributed by atoms with Crippen LogP contribution in [0.2, 0.25) is 0 Å². The number of carbonyl (C=O) groups excluding carboxylic acids is 2. The smallest absolute Gasteiger partial charge is 0.308 e. The van der Waals surface area contributed by atoms with Crippen LogP contribution in [0.3, 0.4) is 0 Å². The fourth-order valence-electron chi connectivity index (χ4n) is 3.98. The Kier molecular flexibility index (Phi) is 4.66. The molecule has 2 aliphatic heterocycles. The number of fused-ring (bicyclic) bond motifs is 2. The molecule has 3 atom stereocenters. The molecule has 1 aromatic carbocycles. The van der Waals surface area contributed by atoms with E-state index in [1.165, 1.54) is 25.3 Å². The van der Waals surface area contributed by atoms with Gasteiger partial charge in [0.05, 0.1) is 0 Å². The van der Waals surface area contributed by atoms with E-state index in [4.69, 9.17) is 4.74 Å². The van der Waals surface area contributed by atoms with E-state index in [2.05, 4.69) is 10.2 Å². The molecule has 0 aromatic heterocycles. The highest BCUT2D eigenvalue weighted by Gasteiger charge is 2.40. The van der Waals surface area contributed by atoms with Gasteiger partial charge in [-0.05, 0) is 43.4 Å². The quantitative estimate of drug-likeness (QED) is 0.684. The molecule has 2 fully saturated rings. The molecule has 2 heterocycles. The summed E-state index contributed by atoms with van der Waals surface area (Å²) in [5, 5.41) is 3.08. The van der Waals surface area contributed by atoms with Crippen LogP contribution in [0.1, 0.15) is 45.1 Å². The molecule has 1 N–H and O–H groups in total. The Bertz CT molecular complexity index is 570. The van der Waals surface area contributed by atoms with Gasteiger partial charge in [0.15, 0.2) is 0 Å². The van der Waals surface area contributed by atoms with Crippen molar-refractivity contribution in [1.82, 2.24) is 10.2 Å². The summed E-state index contributed by atoms with van der Waals surface area (Å²) in [6.45, 7) is 3.92. The lowest BCUT2D eigenvalue weighted by Crippen LogP contribution is -2.49. The van der Waals surface area contributed by atoms with Crippen LogP contribution in [0, 0.1) is 0 Å². The van der Waals surface area contributed by atoms with Gasteiger partial charge in [-0.3, -0.25) is 14.5 Å². The van der Waals surface area contributed by atoms with E-state index in [1.807, 2.05) is 24.3 Å². The molecule has 1 unspecified atom stereocenters. The summed E-state index contributed by atoms with van der Waals surface area (Å²) >= 11 is 0. The van der Waals surface area contributed by atoms with Crippen molar-refractivity contribution < 1.29 is 14.3 Å². The summed E-state index contributed by atoms with van der Waals surface area (Å²) < 4.78 is 5.07. The average molecular weight is 316 g/mol. The van der Waals surface area contributed by atoms with E-state index >= 15 is 0 Å². The molecule has 2 aliphatic rings. The van der Waals surface area contributed by atoms with Crippen molar-refractivity contribution in [3.8, 4) is 5.75 Å². The molecule has 0 spiro atoms. The predicted molar refractivity (Wildman–Crippen MR) is 86.9 cm³/mol. The van der Waals surface area contributed by atoms with E-state index in [9.17, 15) is 9.59 Å². The van der Waals surface area contributed by atoms with E-state index in [1.54, 1.807) is 6.92 Å². The Balaban J connectivity index is 1.61. The van der Waals surface area contributed by atoms with Gasteiger partial charge in [0.2, 0.25) is 5.91 Å². The van der Waals surface area contributed by atoms with Crippen LogP contribution in [0.5, 0.6) is 5.75 Å². The predicted octanol–water partition coefficient (Wildman–Crippen LogP) is 2.24. The topological polar surface area (TPSA) is 58.6 Å². The molecule has 23 heavy (non-hydrogen) atoms. The Morgan fingerprint density at radius 1 is 1.13 bits per heavy atom. The first kappa shape index (κ1) is 16.0. The number of ether oxygens (including phenoxy) is 1. The zero-order valence-corrected chi connectivity index (χ0v) is 13.7. The second-order valence-corrected chi connectivity index (χ2v) is 6.66. The highest BCUT2D eigenvalue weighted by Crippen LogP contribution is 2.36. The minimum atomic E-state index is -0.296. The van der Waals surface area contributed by atoms with Crippen molar-refractivity contribution in [2.45, 2.75) is 64.2 Å². The lowest BCUT2D eigenvalue weighted by atomic mass is 9.96. The van der Waals surface area contributed by atoms with E-state index in [0.717, 1.165) is 19.4 Å². The summed E-state index contributed by atoms with van der Waals surface area (Å²) in [4.78, 5) is 24.8. The van der Waals surface area contributed by atoms with E-state index < -0.39 is 0 Å². The third kappa shape index (κ3) is 3.91. The van der Waals surface area contributed by atoms with Crippen molar-refractivity contribution in [1.29, 1.82) is 0 Å². The minimum Gasteiger partial charge on any atom is -0.427 e. The summed E-state index contributed by atoms with van der Waals surface area (Å²) in [5.74, 6) is 0.369. The highest BCUT2D eigenvalue weighted by atomic mass is 16.5. The van der Waals surface area contributed by atoms with Crippen molar-refractivity contribution in [2.24, 2.45) is 0 Å². The molecule has 2 saturated heterocycles. The first-order chi connectivity index (χ1) is 11.0. The SMILES string of the molecule is CC(=O)NC1C[C@H]2CC[C@@H](C1)N2Cc1ccc(OC(C)=O)cc1. The zero-order valence-electron chi connectivity index (χ0n) is 13.7. The number of hydrogen-bond acceptors (Lipinski definition) is 4. The number of nitrogens with zero attached hydrogens (tertiary/aromatic N) is 1. The lowest BCUT2D eigenvalue weighted by molar-refractivity contribution is -0.131. The Morgan fingerprint density at radius 3 is 2.26 bits per heavy atom. The standard InChI is InChI=1S/C18H24N2O3/c1-12(21)19-15-9-16-5-6-17(10-15)20(16)11-14-3-7-18(8-4-14)23-13(2)22/h3-4,7-8,15-17H,5-6,9-11H2,1-2H3,(H,19,21)/t15?,16-,17+. The first-order valence-corrected chi connectivity index (χ1v) is 8.31. The van der Waals surface area contributed by atoms with Crippen LogP contribution < -0.4 is 10.1 Å². The second kappa shape index (κ2) is 6.71. The third-order valence-corrected chi connectivity index (χ3v) is 4.84. The molecule has 1 aromatic rings. The monoisotopic (exact) mass is 316 g/mol. The minimum absolute atomic E-state index is 0.0731. The Hall–Kier alpha value is -1.88. The van der Waals surface area contributed by atoms with E-state index in [-0.39, 0.29) is 11.9 Å². The van der Waals surface area contributed by atoms with Crippen LogP contribution in [-0.4, -0.2) is 34.9 Å². The maximum atomic E-state index is 11.3. The van der Waals surface area contributed by atoms with Gasteiger partial charge in [-0.25, -0.2) is 0 Å². The number of piperidine rings is 1. The van der Waals surface area contributed by atoms with Crippen LogP contribution in [0.15, 0.2) is 24.3 Å². The van der Waals surface area contributed by atoms with Gasteiger partial charge < -0.3 is 10.1 Å². The Labute approximate surface area is 137 Å². The normalized spacial score (nSPS) is 26.8. The largest absolute Gasteiger partial charge is 0.427 e. The van der Waals surface area contributed by atoms with Crippen LogP contribution in [-0.2, 0) is 16.1 Å². The maximum absolute atomic E-state index is 11.3. The van der Waals surface area contributed by atoms with Crippen LogP contribution in [0.25, 0.3) is 0 Å². The van der Waals surface area contributed by atoms with Gasteiger partial charge in [0, 0.05) is 38.5 Å². The fourth-order valence-corrected chi connectivity index (χ4v) is 3.98.